The van der Waals surface area contributed by atoms with Gasteiger partial charge in [-0.25, -0.2) is 9.37 Å². The number of fused-ring (bicyclic) bond motifs is 1. The SMILES string of the molecule is COc1ccc(F)cc1-c1c[nH]c2ncc(Br)c(Cl)c12. The molecule has 2 heterocycles. The van der Waals surface area contributed by atoms with E-state index in [9.17, 15) is 4.39 Å². The zero-order chi connectivity index (χ0) is 14.3. The summed E-state index contributed by atoms with van der Waals surface area (Å²) in [6.45, 7) is 0. The number of methoxy groups -OCH3 is 1. The third-order valence-corrected chi connectivity index (χ3v) is 4.27. The van der Waals surface area contributed by atoms with Crippen LogP contribution in [0.2, 0.25) is 5.02 Å². The van der Waals surface area contributed by atoms with Crippen LogP contribution in [-0.2, 0) is 0 Å². The zero-order valence-electron chi connectivity index (χ0n) is 10.4. The van der Waals surface area contributed by atoms with Crippen LogP contribution < -0.4 is 4.74 Å². The molecule has 1 N–H and O–H groups in total. The van der Waals surface area contributed by atoms with E-state index in [0.717, 1.165) is 10.9 Å². The van der Waals surface area contributed by atoms with E-state index in [1.807, 2.05) is 0 Å². The Labute approximate surface area is 127 Å². The van der Waals surface area contributed by atoms with E-state index in [2.05, 4.69) is 25.9 Å². The van der Waals surface area contributed by atoms with Crippen LogP contribution >= 0.6 is 27.5 Å². The van der Waals surface area contributed by atoms with Crippen molar-refractivity contribution in [2.24, 2.45) is 0 Å². The molecule has 20 heavy (non-hydrogen) atoms. The van der Waals surface area contributed by atoms with Crippen LogP contribution in [0, 0.1) is 5.82 Å². The number of hydrogen-bond donors (Lipinski definition) is 1. The average molecular weight is 356 g/mol. The van der Waals surface area contributed by atoms with E-state index in [1.54, 1.807) is 25.6 Å². The van der Waals surface area contributed by atoms with E-state index < -0.39 is 0 Å². The smallest absolute Gasteiger partial charge is 0.139 e. The minimum absolute atomic E-state index is 0.339. The molecular weight excluding hydrogens is 347 g/mol. The van der Waals surface area contributed by atoms with Gasteiger partial charge in [0, 0.05) is 28.9 Å². The van der Waals surface area contributed by atoms with Gasteiger partial charge >= 0.3 is 0 Å². The van der Waals surface area contributed by atoms with E-state index in [0.29, 0.717) is 26.5 Å². The first-order valence-corrected chi connectivity index (χ1v) is 6.94. The van der Waals surface area contributed by atoms with Crippen LogP contribution in [-0.4, -0.2) is 17.1 Å². The second kappa shape index (κ2) is 5.07. The number of aromatic amines is 1. The molecule has 0 bridgehead atoms. The summed E-state index contributed by atoms with van der Waals surface area (Å²) >= 11 is 9.66. The summed E-state index contributed by atoms with van der Waals surface area (Å²) in [4.78, 5) is 7.28. The molecular formula is C14H9BrClFN2O. The van der Waals surface area contributed by atoms with Crippen molar-refractivity contribution in [2.75, 3.05) is 7.11 Å². The van der Waals surface area contributed by atoms with E-state index in [1.165, 1.54) is 12.1 Å². The van der Waals surface area contributed by atoms with Crippen LogP contribution in [0.15, 0.2) is 35.1 Å². The zero-order valence-corrected chi connectivity index (χ0v) is 12.7. The molecule has 102 valence electrons. The van der Waals surface area contributed by atoms with Gasteiger partial charge in [-0.3, -0.25) is 0 Å². The first kappa shape index (κ1) is 13.4. The molecule has 3 nitrogen and oxygen atoms in total. The van der Waals surface area contributed by atoms with Gasteiger partial charge in [0.15, 0.2) is 0 Å². The van der Waals surface area contributed by atoms with Gasteiger partial charge in [-0.05, 0) is 34.1 Å². The summed E-state index contributed by atoms with van der Waals surface area (Å²) in [6.07, 6.45) is 3.36. The number of rotatable bonds is 2. The van der Waals surface area contributed by atoms with Crippen LogP contribution in [0.1, 0.15) is 0 Å². The summed E-state index contributed by atoms with van der Waals surface area (Å²) < 4.78 is 19.5. The van der Waals surface area contributed by atoms with Crippen molar-refractivity contribution in [3.63, 3.8) is 0 Å². The van der Waals surface area contributed by atoms with Gasteiger partial charge in [-0.1, -0.05) is 11.6 Å². The van der Waals surface area contributed by atoms with Gasteiger partial charge < -0.3 is 9.72 Å². The molecule has 3 aromatic rings. The molecule has 1 aromatic carbocycles. The highest BCUT2D eigenvalue weighted by molar-refractivity contribution is 9.10. The van der Waals surface area contributed by atoms with Crippen LogP contribution in [0.5, 0.6) is 5.75 Å². The van der Waals surface area contributed by atoms with Crippen LogP contribution in [0.25, 0.3) is 22.2 Å². The fraction of sp³-hybridized carbons (Fsp3) is 0.0714. The number of hydrogen-bond acceptors (Lipinski definition) is 2. The highest BCUT2D eigenvalue weighted by Crippen LogP contribution is 2.40. The fourth-order valence-corrected chi connectivity index (χ4v) is 2.68. The highest BCUT2D eigenvalue weighted by atomic mass is 79.9. The Morgan fingerprint density at radius 2 is 2.15 bits per heavy atom. The lowest BCUT2D eigenvalue weighted by atomic mass is 10.0. The maximum Gasteiger partial charge on any atom is 0.139 e. The number of aromatic nitrogens is 2. The molecule has 0 amide bonds. The lowest BCUT2D eigenvalue weighted by Gasteiger charge is -2.08. The quantitative estimate of drug-likeness (QED) is 0.717. The van der Waals surface area contributed by atoms with Crippen molar-refractivity contribution >= 4 is 38.6 Å². The van der Waals surface area contributed by atoms with Crippen molar-refractivity contribution in [1.82, 2.24) is 9.97 Å². The van der Waals surface area contributed by atoms with E-state index in [-0.39, 0.29) is 5.82 Å². The Balaban J connectivity index is 2.35. The fourth-order valence-electron chi connectivity index (χ4n) is 2.14. The van der Waals surface area contributed by atoms with Gasteiger partial charge in [0.25, 0.3) is 0 Å². The number of pyridine rings is 1. The van der Waals surface area contributed by atoms with Gasteiger partial charge in [0.2, 0.25) is 0 Å². The molecule has 0 radical (unpaired) electrons. The predicted octanol–water partition coefficient (Wildman–Crippen LogP) is 4.79. The summed E-state index contributed by atoms with van der Waals surface area (Å²) in [7, 11) is 1.54. The third kappa shape index (κ3) is 2.07. The Bertz CT molecular complexity index is 803. The number of benzene rings is 1. The largest absolute Gasteiger partial charge is 0.496 e. The molecule has 0 saturated heterocycles. The van der Waals surface area contributed by atoms with Crippen molar-refractivity contribution < 1.29 is 9.13 Å². The first-order chi connectivity index (χ1) is 9.61. The third-order valence-electron chi connectivity index (χ3n) is 3.05. The number of halogens is 3. The monoisotopic (exact) mass is 354 g/mol. The molecule has 0 aliphatic heterocycles. The molecule has 0 aliphatic carbocycles. The first-order valence-electron chi connectivity index (χ1n) is 5.77. The Morgan fingerprint density at radius 1 is 1.35 bits per heavy atom. The predicted molar refractivity (Wildman–Crippen MR) is 80.7 cm³/mol. The molecule has 0 fully saturated rings. The second-order valence-electron chi connectivity index (χ2n) is 4.19. The minimum Gasteiger partial charge on any atom is -0.496 e. The Hall–Kier alpha value is -1.59. The van der Waals surface area contributed by atoms with Crippen molar-refractivity contribution in [2.45, 2.75) is 0 Å². The topological polar surface area (TPSA) is 37.9 Å². The number of nitrogens with zero attached hydrogens (tertiary/aromatic N) is 1. The summed E-state index contributed by atoms with van der Waals surface area (Å²) in [5.41, 5.74) is 2.01. The maximum absolute atomic E-state index is 13.5. The van der Waals surface area contributed by atoms with Crippen molar-refractivity contribution in [3.8, 4) is 16.9 Å². The molecule has 0 saturated carbocycles. The summed E-state index contributed by atoms with van der Waals surface area (Å²) in [6, 6.07) is 4.36. The van der Waals surface area contributed by atoms with Gasteiger partial charge in [0.05, 0.1) is 16.6 Å². The van der Waals surface area contributed by atoms with Crippen LogP contribution in [0.4, 0.5) is 4.39 Å². The Morgan fingerprint density at radius 3 is 2.90 bits per heavy atom. The van der Waals surface area contributed by atoms with Crippen LogP contribution in [0.3, 0.4) is 0 Å². The van der Waals surface area contributed by atoms with E-state index >= 15 is 0 Å². The number of H-pyrrole nitrogens is 1. The molecule has 6 heteroatoms. The highest BCUT2D eigenvalue weighted by Gasteiger charge is 2.16. The van der Waals surface area contributed by atoms with E-state index in [4.69, 9.17) is 16.3 Å². The minimum atomic E-state index is -0.339. The van der Waals surface area contributed by atoms with Crippen molar-refractivity contribution in [3.05, 3.63) is 45.9 Å². The van der Waals surface area contributed by atoms with Gasteiger partial charge in [-0.2, -0.15) is 0 Å². The maximum atomic E-state index is 13.5. The number of nitrogens with one attached hydrogen (secondary N) is 1. The molecule has 0 unspecified atom stereocenters. The normalized spacial score (nSPS) is 11.0. The number of ether oxygens (including phenoxy) is 1. The summed E-state index contributed by atoms with van der Waals surface area (Å²) in [5.74, 6) is 0.234. The van der Waals surface area contributed by atoms with Gasteiger partial charge in [-0.15, -0.1) is 0 Å². The molecule has 2 aromatic heterocycles. The molecule has 0 aliphatic rings. The standard InChI is InChI=1S/C14H9BrClFN2O/c1-20-11-3-2-7(17)4-8(11)9-5-18-14-12(9)13(16)10(15)6-19-14/h2-6H,1H3,(H,18,19). The molecule has 3 rings (SSSR count). The Kier molecular flexibility index (Phi) is 3.40. The summed E-state index contributed by atoms with van der Waals surface area (Å²) in [5, 5.41) is 1.25. The van der Waals surface area contributed by atoms with Gasteiger partial charge in [0.1, 0.15) is 17.2 Å². The molecule has 0 spiro atoms. The lowest BCUT2D eigenvalue weighted by molar-refractivity contribution is 0.415. The lowest BCUT2D eigenvalue weighted by Crippen LogP contribution is -1.89. The van der Waals surface area contributed by atoms with Crippen molar-refractivity contribution in [1.29, 1.82) is 0 Å². The second-order valence-corrected chi connectivity index (χ2v) is 5.42. The molecule has 0 atom stereocenters. The average Bonchev–Trinajstić information content (AvgIpc) is 2.87.